The van der Waals surface area contributed by atoms with Gasteiger partial charge in [0.25, 0.3) is 5.91 Å². The Kier molecular flexibility index (Phi) is 3.86. The van der Waals surface area contributed by atoms with Gasteiger partial charge in [-0.15, -0.1) is 0 Å². The molecule has 0 fully saturated rings. The topological polar surface area (TPSA) is 121 Å². The van der Waals surface area contributed by atoms with Gasteiger partial charge in [-0.25, -0.2) is 14.5 Å². The predicted molar refractivity (Wildman–Crippen MR) is 40.6 cm³/mol. The third-order valence-corrected chi connectivity index (χ3v) is 1.39. The number of imide groups is 1. The average molecular weight is 190 g/mol. The first kappa shape index (κ1) is 11.4. The van der Waals surface area contributed by atoms with E-state index < -0.39 is 30.6 Å². The number of carbonyl (C=O) groups is 3. The lowest BCUT2D eigenvalue weighted by atomic mass is 10.3. The van der Waals surface area contributed by atoms with E-state index in [0.29, 0.717) is 0 Å². The molecule has 0 aliphatic carbocycles. The Balaban J connectivity index is 4.71. The van der Waals surface area contributed by atoms with Gasteiger partial charge in [0.05, 0.1) is 0 Å². The highest BCUT2D eigenvalue weighted by Gasteiger charge is 2.28. The van der Waals surface area contributed by atoms with Gasteiger partial charge in [-0.3, -0.25) is 4.79 Å². The van der Waals surface area contributed by atoms with Crippen molar-refractivity contribution in [2.24, 2.45) is 5.73 Å². The second kappa shape index (κ2) is 4.41. The zero-order valence-electron chi connectivity index (χ0n) is 6.93. The molecule has 7 heteroatoms. The lowest BCUT2D eigenvalue weighted by molar-refractivity contribution is -0.147. The summed E-state index contributed by atoms with van der Waals surface area (Å²) in [4.78, 5) is 32.1. The Morgan fingerprint density at radius 3 is 2.15 bits per heavy atom. The number of nitrogens with two attached hydrogens (primary N) is 1. The molecule has 0 bridgehead atoms. The number of rotatable bonds is 3. The molecule has 0 aliphatic rings. The number of carboxylic acids is 1. The maximum Gasteiger partial charge on any atom is 0.326 e. The van der Waals surface area contributed by atoms with Gasteiger partial charge in [-0.05, 0) is 6.92 Å². The minimum absolute atomic E-state index is 0.280. The minimum atomic E-state index is -1.38. The molecule has 0 saturated carbocycles. The fourth-order valence-corrected chi connectivity index (χ4v) is 0.716. The molecule has 4 N–H and O–H groups in total. The molecule has 1 atom stereocenters. The van der Waals surface area contributed by atoms with Crippen molar-refractivity contribution >= 4 is 17.9 Å². The Morgan fingerprint density at radius 1 is 1.46 bits per heavy atom. The van der Waals surface area contributed by atoms with Gasteiger partial charge in [-0.2, -0.15) is 0 Å². The molecule has 3 amide bonds. The highest BCUT2D eigenvalue weighted by atomic mass is 16.4. The van der Waals surface area contributed by atoms with Crippen LogP contribution in [0.4, 0.5) is 4.79 Å². The molecule has 13 heavy (non-hydrogen) atoms. The number of carboxylic acid groups (broad SMARTS) is 1. The van der Waals surface area contributed by atoms with Gasteiger partial charge in [0.15, 0.2) is 0 Å². The van der Waals surface area contributed by atoms with Crippen LogP contribution < -0.4 is 5.73 Å². The molecular weight excluding hydrogens is 180 g/mol. The highest BCUT2D eigenvalue weighted by molar-refractivity contribution is 5.98. The molecule has 0 aliphatic heterocycles. The van der Waals surface area contributed by atoms with E-state index >= 15 is 0 Å². The molecule has 7 nitrogen and oxygen atoms in total. The van der Waals surface area contributed by atoms with Crippen LogP contribution in [0.15, 0.2) is 0 Å². The molecule has 0 aromatic rings. The maximum atomic E-state index is 10.8. The molecule has 0 radical (unpaired) electrons. The molecule has 1 unspecified atom stereocenters. The maximum absolute atomic E-state index is 10.8. The summed E-state index contributed by atoms with van der Waals surface area (Å²) in [5.41, 5.74) is 4.74. The largest absolute Gasteiger partial charge is 0.480 e. The van der Waals surface area contributed by atoms with Gasteiger partial charge >= 0.3 is 12.0 Å². The van der Waals surface area contributed by atoms with Gasteiger partial charge in [-0.1, -0.05) is 0 Å². The predicted octanol–water partition coefficient (Wildman–Crippen LogP) is -1.64. The number of amides is 3. The Hall–Kier alpha value is -1.63. The third-order valence-electron chi connectivity index (χ3n) is 1.39. The van der Waals surface area contributed by atoms with Crippen molar-refractivity contribution in [3.63, 3.8) is 0 Å². The van der Waals surface area contributed by atoms with Crippen molar-refractivity contribution in [1.29, 1.82) is 0 Å². The lowest BCUT2D eigenvalue weighted by Gasteiger charge is -2.21. The quantitative estimate of drug-likeness (QED) is 0.492. The first-order chi connectivity index (χ1) is 5.91. The Morgan fingerprint density at radius 2 is 1.92 bits per heavy atom. The van der Waals surface area contributed by atoms with Crippen LogP contribution >= 0.6 is 0 Å². The summed E-state index contributed by atoms with van der Waals surface area (Å²) in [7, 11) is 0. The van der Waals surface area contributed by atoms with Crippen molar-refractivity contribution in [3.05, 3.63) is 0 Å². The summed E-state index contributed by atoms with van der Waals surface area (Å²) in [5, 5.41) is 16.9. The molecule has 0 heterocycles. The SMILES string of the molecule is CC(C(=O)O)N(C(N)=O)C(=O)CO. The second-order valence-corrected chi connectivity index (χ2v) is 2.27. The molecule has 0 aromatic heterocycles. The summed E-state index contributed by atoms with van der Waals surface area (Å²) >= 11 is 0. The highest BCUT2D eigenvalue weighted by Crippen LogP contribution is 1.99. The summed E-state index contributed by atoms with van der Waals surface area (Å²) in [6, 6.07) is -2.58. The molecule has 0 aromatic carbocycles. The van der Waals surface area contributed by atoms with Crippen LogP contribution in [0.2, 0.25) is 0 Å². The number of primary amides is 1. The van der Waals surface area contributed by atoms with Crippen molar-refractivity contribution in [2.45, 2.75) is 13.0 Å². The normalized spacial score (nSPS) is 11.8. The van der Waals surface area contributed by atoms with E-state index in [1.165, 1.54) is 0 Å². The van der Waals surface area contributed by atoms with Crippen molar-refractivity contribution in [3.8, 4) is 0 Å². The standard InChI is InChI=1S/C6H10N2O5/c1-3(5(11)12)8(6(7)13)4(10)2-9/h3,9H,2H2,1H3,(H2,7,13)(H,11,12). The van der Waals surface area contributed by atoms with E-state index in [4.69, 9.17) is 15.9 Å². The summed E-state index contributed by atoms with van der Waals surface area (Å²) in [6.45, 7) is 0.154. The van der Waals surface area contributed by atoms with Crippen LogP contribution in [0, 0.1) is 0 Å². The molecule has 0 rings (SSSR count). The number of hydrogen-bond donors (Lipinski definition) is 3. The number of aliphatic carboxylic acids is 1. The number of hydrogen-bond acceptors (Lipinski definition) is 4. The zero-order chi connectivity index (χ0) is 10.6. The van der Waals surface area contributed by atoms with Crippen LogP contribution in [-0.2, 0) is 9.59 Å². The number of nitrogens with zero attached hydrogens (tertiary/aromatic N) is 1. The smallest absolute Gasteiger partial charge is 0.326 e. The zero-order valence-corrected chi connectivity index (χ0v) is 6.93. The van der Waals surface area contributed by atoms with E-state index in [1.807, 2.05) is 0 Å². The van der Waals surface area contributed by atoms with Crippen LogP contribution in [-0.4, -0.2) is 45.7 Å². The van der Waals surface area contributed by atoms with E-state index in [0.717, 1.165) is 6.92 Å². The van der Waals surface area contributed by atoms with Gasteiger partial charge in [0, 0.05) is 0 Å². The number of aliphatic hydroxyl groups is 1. The van der Waals surface area contributed by atoms with Crippen LogP contribution in [0.5, 0.6) is 0 Å². The number of urea groups is 1. The van der Waals surface area contributed by atoms with Crippen molar-refractivity contribution in [1.82, 2.24) is 4.90 Å². The fraction of sp³-hybridized carbons (Fsp3) is 0.500. The first-order valence-corrected chi connectivity index (χ1v) is 3.37. The van der Waals surface area contributed by atoms with Crippen LogP contribution in [0.25, 0.3) is 0 Å². The molecule has 74 valence electrons. The fourth-order valence-electron chi connectivity index (χ4n) is 0.716. The monoisotopic (exact) mass is 190 g/mol. The lowest BCUT2D eigenvalue weighted by Crippen LogP contribution is -2.50. The summed E-state index contributed by atoms with van der Waals surface area (Å²) in [5.74, 6) is -2.41. The summed E-state index contributed by atoms with van der Waals surface area (Å²) < 4.78 is 0. The number of aliphatic hydroxyl groups excluding tert-OH is 1. The Labute approximate surface area is 73.7 Å². The number of carbonyl (C=O) groups excluding carboxylic acids is 2. The second-order valence-electron chi connectivity index (χ2n) is 2.27. The van der Waals surface area contributed by atoms with Crippen LogP contribution in [0.1, 0.15) is 6.92 Å². The van der Waals surface area contributed by atoms with Crippen LogP contribution in [0.3, 0.4) is 0 Å². The Bertz CT molecular complexity index is 239. The minimum Gasteiger partial charge on any atom is -0.480 e. The van der Waals surface area contributed by atoms with E-state index in [-0.39, 0.29) is 4.90 Å². The molecule has 0 saturated heterocycles. The van der Waals surface area contributed by atoms with Gasteiger partial charge in [0.2, 0.25) is 0 Å². The average Bonchev–Trinajstić information content (AvgIpc) is 2.03. The van der Waals surface area contributed by atoms with E-state index in [2.05, 4.69) is 0 Å². The summed E-state index contributed by atoms with van der Waals surface area (Å²) in [6.07, 6.45) is 0. The first-order valence-electron chi connectivity index (χ1n) is 3.37. The van der Waals surface area contributed by atoms with Crippen molar-refractivity contribution in [2.75, 3.05) is 6.61 Å². The van der Waals surface area contributed by atoms with Crippen molar-refractivity contribution < 1.29 is 24.6 Å². The van der Waals surface area contributed by atoms with Gasteiger partial charge in [0.1, 0.15) is 12.6 Å². The molecule has 0 spiro atoms. The molecular formula is C6H10N2O5. The van der Waals surface area contributed by atoms with E-state index in [9.17, 15) is 14.4 Å². The van der Waals surface area contributed by atoms with Gasteiger partial charge < -0.3 is 15.9 Å². The third kappa shape index (κ3) is 2.71. The van der Waals surface area contributed by atoms with E-state index in [1.54, 1.807) is 0 Å².